The van der Waals surface area contributed by atoms with Gasteiger partial charge in [0.2, 0.25) is 0 Å². The van der Waals surface area contributed by atoms with Crippen molar-refractivity contribution in [2.75, 3.05) is 0 Å². The van der Waals surface area contributed by atoms with Crippen LogP contribution in [-0.4, -0.2) is 23.4 Å². The summed E-state index contributed by atoms with van der Waals surface area (Å²) in [5.74, 6) is -1.41. The van der Waals surface area contributed by atoms with E-state index in [1.165, 1.54) is 6.92 Å². The average Bonchev–Trinajstić information content (AvgIpc) is 2.27. The lowest BCUT2D eigenvalue weighted by Crippen LogP contribution is -2.33. The number of alkyl halides is 3. The zero-order valence-electron chi connectivity index (χ0n) is 9.29. The van der Waals surface area contributed by atoms with E-state index in [1.807, 2.05) is 0 Å². The van der Waals surface area contributed by atoms with Crippen LogP contribution in [0, 0.1) is 0 Å². The predicted octanol–water partition coefficient (Wildman–Crippen LogP) is 3.54. The first-order valence-electron chi connectivity index (χ1n) is 5.02. The largest absolute Gasteiger partial charge is 0.506 e. The maximum absolute atomic E-state index is 12.4. The van der Waals surface area contributed by atoms with E-state index in [1.54, 1.807) is 0 Å². The molecule has 18 heavy (non-hydrogen) atoms. The smallest absolute Gasteiger partial charge is 0.425 e. The summed E-state index contributed by atoms with van der Waals surface area (Å²) in [6, 6.07) is 3.28. The molecule has 0 bridgehead atoms. The van der Waals surface area contributed by atoms with Gasteiger partial charge in [0.25, 0.3) is 0 Å². The number of phenols is 1. The zero-order valence-corrected chi connectivity index (χ0v) is 10.0. The fourth-order valence-electron chi connectivity index (χ4n) is 1.21. The minimum Gasteiger partial charge on any atom is -0.506 e. The Hall–Kier alpha value is -1.43. The number of halogens is 4. The number of carbonyl (C=O) groups is 1. The van der Waals surface area contributed by atoms with E-state index < -0.39 is 18.2 Å². The monoisotopic (exact) mass is 282 g/mol. The molecule has 0 aliphatic heterocycles. The minimum atomic E-state index is -4.61. The van der Waals surface area contributed by atoms with Crippen LogP contribution in [-0.2, 0) is 4.74 Å². The van der Waals surface area contributed by atoms with Crippen molar-refractivity contribution < 1.29 is 27.8 Å². The third-order valence-electron chi connectivity index (χ3n) is 2.17. The molecule has 0 aliphatic carbocycles. The van der Waals surface area contributed by atoms with Gasteiger partial charge in [0.15, 0.2) is 6.10 Å². The van der Waals surface area contributed by atoms with Gasteiger partial charge >= 0.3 is 12.1 Å². The minimum absolute atomic E-state index is 0.135. The van der Waals surface area contributed by atoms with Gasteiger partial charge < -0.3 is 9.84 Å². The Balaban J connectivity index is 2.85. The van der Waals surface area contributed by atoms with Crippen LogP contribution in [0.3, 0.4) is 0 Å². The lowest BCUT2D eigenvalue weighted by Gasteiger charge is -2.19. The van der Waals surface area contributed by atoms with Gasteiger partial charge in [-0.25, -0.2) is 4.79 Å². The van der Waals surface area contributed by atoms with Crippen molar-refractivity contribution in [2.24, 2.45) is 0 Å². The summed E-state index contributed by atoms with van der Waals surface area (Å²) in [7, 11) is 0. The highest BCUT2D eigenvalue weighted by molar-refractivity contribution is 6.32. The first-order valence-corrected chi connectivity index (χ1v) is 5.39. The Morgan fingerprint density at radius 3 is 2.56 bits per heavy atom. The summed E-state index contributed by atoms with van der Waals surface area (Å²) in [5, 5.41) is 8.98. The van der Waals surface area contributed by atoms with Gasteiger partial charge in [-0.05, 0) is 24.6 Å². The maximum atomic E-state index is 12.4. The van der Waals surface area contributed by atoms with Gasteiger partial charge in [0, 0.05) is 0 Å². The van der Waals surface area contributed by atoms with Crippen LogP contribution in [0.1, 0.15) is 23.7 Å². The van der Waals surface area contributed by atoms with Crippen molar-refractivity contribution in [2.45, 2.75) is 25.6 Å². The number of carbonyl (C=O) groups excluding carboxylic acids is 1. The fourth-order valence-corrected chi connectivity index (χ4v) is 1.39. The second-order valence-corrected chi connectivity index (χ2v) is 3.92. The summed E-state index contributed by atoms with van der Waals surface area (Å²) in [6.45, 7) is 1.26. The van der Waals surface area contributed by atoms with E-state index in [2.05, 4.69) is 4.74 Å². The third-order valence-corrected chi connectivity index (χ3v) is 2.47. The highest BCUT2D eigenvalue weighted by atomic mass is 35.5. The molecule has 0 spiro atoms. The number of rotatable bonds is 3. The SMILES string of the molecule is CCC(OC(=O)c1ccc(O)c(Cl)c1)C(F)(F)F. The molecule has 0 radical (unpaired) electrons. The van der Waals surface area contributed by atoms with E-state index in [0.29, 0.717) is 0 Å². The van der Waals surface area contributed by atoms with Crippen LogP contribution in [0.15, 0.2) is 18.2 Å². The van der Waals surface area contributed by atoms with E-state index in [4.69, 9.17) is 16.7 Å². The first kappa shape index (κ1) is 14.6. The van der Waals surface area contributed by atoms with Gasteiger partial charge in [-0.2, -0.15) is 13.2 Å². The third kappa shape index (κ3) is 3.53. The van der Waals surface area contributed by atoms with E-state index in [-0.39, 0.29) is 22.8 Å². The Morgan fingerprint density at radius 1 is 1.50 bits per heavy atom. The standard InChI is InChI=1S/C11H10ClF3O3/c1-2-9(11(13,14)15)18-10(17)6-3-4-8(16)7(12)5-6/h3-5,9,16H,2H2,1H3. The molecule has 0 heterocycles. The average molecular weight is 283 g/mol. The number of hydrogen-bond acceptors (Lipinski definition) is 3. The normalized spacial score (nSPS) is 13.2. The van der Waals surface area contributed by atoms with E-state index in [0.717, 1.165) is 18.2 Å². The van der Waals surface area contributed by atoms with Gasteiger partial charge in [0.05, 0.1) is 10.6 Å². The lowest BCUT2D eigenvalue weighted by atomic mass is 10.2. The molecule has 1 aromatic rings. The number of hydrogen-bond donors (Lipinski definition) is 1. The highest BCUT2D eigenvalue weighted by Crippen LogP contribution is 2.28. The van der Waals surface area contributed by atoms with Gasteiger partial charge in [-0.1, -0.05) is 18.5 Å². The molecule has 1 aromatic carbocycles. The van der Waals surface area contributed by atoms with E-state index in [9.17, 15) is 18.0 Å². The van der Waals surface area contributed by atoms with Crippen molar-refractivity contribution in [3.05, 3.63) is 28.8 Å². The summed E-state index contributed by atoms with van der Waals surface area (Å²) in [4.78, 5) is 11.5. The van der Waals surface area contributed by atoms with Crippen LogP contribution >= 0.6 is 11.6 Å². The van der Waals surface area contributed by atoms with Crippen LogP contribution in [0.25, 0.3) is 0 Å². The van der Waals surface area contributed by atoms with Crippen molar-refractivity contribution >= 4 is 17.6 Å². The van der Waals surface area contributed by atoms with Crippen LogP contribution in [0.5, 0.6) is 5.75 Å². The number of esters is 1. The first-order chi connectivity index (χ1) is 8.25. The number of aromatic hydroxyl groups is 1. The molecule has 1 unspecified atom stereocenters. The van der Waals surface area contributed by atoms with Crippen molar-refractivity contribution in [3.8, 4) is 5.75 Å². The summed E-state index contributed by atoms with van der Waals surface area (Å²) in [6.07, 6.45) is -7.14. The summed E-state index contributed by atoms with van der Waals surface area (Å²) < 4.78 is 41.5. The molecule has 0 aliphatic rings. The second kappa shape index (κ2) is 5.48. The molecule has 3 nitrogen and oxygen atoms in total. The van der Waals surface area contributed by atoms with Crippen LogP contribution in [0.4, 0.5) is 13.2 Å². The molecule has 1 N–H and O–H groups in total. The second-order valence-electron chi connectivity index (χ2n) is 3.51. The van der Waals surface area contributed by atoms with Gasteiger partial charge in [-0.15, -0.1) is 0 Å². The Labute approximate surface area is 106 Å². The molecule has 0 amide bonds. The van der Waals surface area contributed by atoms with Gasteiger partial charge in [-0.3, -0.25) is 0 Å². The maximum Gasteiger partial charge on any atom is 0.425 e. The molecular weight excluding hydrogens is 273 g/mol. The lowest BCUT2D eigenvalue weighted by molar-refractivity contribution is -0.204. The molecule has 0 aromatic heterocycles. The van der Waals surface area contributed by atoms with E-state index >= 15 is 0 Å². The molecule has 0 saturated heterocycles. The molecule has 0 saturated carbocycles. The molecular formula is C11H10ClF3O3. The quantitative estimate of drug-likeness (QED) is 0.863. The van der Waals surface area contributed by atoms with Crippen molar-refractivity contribution in [1.82, 2.24) is 0 Å². The molecule has 7 heteroatoms. The van der Waals surface area contributed by atoms with Crippen LogP contribution in [0.2, 0.25) is 5.02 Å². The van der Waals surface area contributed by atoms with Gasteiger partial charge in [0.1, 0.15) is 5.75 Å². The number of ether oxygens (including phenoxy) is 1. The predicted molar refractivity (Wildman–Crippen MR) is 58.7 cm³/mol. The van der Waals surface area contributed by atoms with Crippen LogP contribution < -0.4 is 0 Å². The van der Waals surface area contributed by atoms with Crippen molar-refractivity contribution in [3.63, 3.8) is 0 Å². The Kier molecular flexibility index (Phi) is 4.45. The topological polar surface area (TPSA) is 46.5 Å². The van der Waals surface area contributed by atoms with Crippen molar-refractivity contribution in [1.29, 1.82) is 0 Å². The Bertz CT molecular complexity index is 446. The summed E-state index contributed by atoms with van der Waals surface area (Å²) in [5.41, 5.74) is -0.152. The molecule has 1 atom stereocenters. The zero-order chi connectivity index (χ0) is 13.9. The Morgan fingerprint density at radius 2 is 2.11 bits per heavy atom. The number of phenolic OH excluding ortho intramolecular Hbond substituents is 1. The highest BCUT2D eigenvalue weighted by Gasteiger charge is 2.41. The fraction of sp³-hybridized carbons (Fsp3) is 0.364. The molecule has 0 fully saturated rings. The number of benzene rings is 1. The molecule has 1 rings (SSSR count). The summed E-state index contributed by atoms with van der Waals surface area (Å²) >= 11 is 5.54. The molecule has 100 valence electrons.